The van der Waals surface area contributed by atoms with Crippen LogP contribution in [0.3, 0.4) is 0 Å². The van der Waals surface area contributed by atoms with E-state index in [4.69, 9.17) is 16.6 Å². The summed E-state index contributed by atoms with van der Waals surface area (Å²) in [7, 11) is 0. The number of carbonyl (C=O) groups is 5. The third-order valence-electron chi connectivity index (χ3n) is 5.56. The first-order chi connectivity index (χ1) is 16.9. The van der Waals surface area contributed by atoms with Crippen LogP contribution in [0.2, 0.25) is 0 Å². The van der Waals surface area contributed by atoms with Crippen molar-refractivity contribution in [2.75, 3.05) is 13.1 Å². The predicted molar refractivity (Wildman–Crippen MR) is 131 cm³/mol. The van der Waals surface area contributed by atoms with Crippen LogP contribution in [-0.4, -0.2) is 83.1 Å². The molecule has 1 fully saturated rings. The zero-order valence-electron chi connectivity index (χ0n) is 20.8. The van der Waals surface area contributed by atoms with Crippen molar-refractivity contribution in [3.05, 3.63) is 0 Å². The van der Waals surface area contributed by atoms with Crippen molar-refractivity contribution < 1.29 is 34.2 Å². The molecule has 0 aromatic carbocycles. The molecule has 0 aromatic heterocycles. The zero-order valence-corrected chi connectivity index (χ0v) is 20.8. The molecule has 204 valence electrons. The fraction of sp³-hybridized carbons (Fsp3) is 0.727. The molecule has 36 heavy (non-hydrogen) atoms. The molecular weight excluding hydrogens is 474 g/mol. The van der Waals surface area contributed by atoms with Crippen molar-refractivity contribution in [1.29, 1.82) is 0 Å². The van der Waals surface area contributed by atoms with Crippen LogP contribution < -0.4 is 32.7 Å². The summed E-state index contributed by atoms with van der Waals surface area (Å²) in [5.41, 5.74) is 10.5. The van der Waals surface area contributed by atoms with Crippen LogP contribution in [0.1, 0.15) is 58.8 Å². The van der Waals surface area contributed by atoms with Crippen LogP contribution >= 0.6 is 0 Å². The number of aliphatic imine (C=N–C) groups is 1. The predicted octanol–water partition coefficient (Wildman–Crippen LogP) is -1.76. The summed E-state index contributed by atoms with van der Waals surface area (Å²) >= 11 is 0. The second-order valence-corrected chi connectivity index (χ2v) is 9.18. The molecule has 1 saturated heterocycles. The molecule has 0 saturated carbocycles. The van der Waals surface area contributed by atoms with Crippen LogP contribution in [0, 0.1) is 5.92 Å². The number of carbonyl (C=O) groups excluding carboxylic acids is 3. The lowest BCUT2D eigenvalue weighted by Crippen LogP contribution is -2.57. The Morgan fingerprint density at radius 1 is 0.972 bits per heavy atom. The lowest BCUT2D eigenvalue weighted by molar-refractivity contribution is -0.143. The summed E-state index contributed by atoms with van der Waals surface area (Å²) in [4.78, 5) is 65.0. The van der Waals surface area contributed by atoms with Crippen molar-refractivity contribution in [2.24, 2.45) is 22.4 Å². The number of rotatable bonds is 16. The van der Waals surface area contributed by atoms with Crippen LogP contribution in [0.25, 0.3) is 0 Å². The number of hydrogen-bond donors (Lipinski definition) is 8. The normalized spacial score (nSPS) is 17.5. The Labute approximate surface area is 210 Å². The molecule has 0 spiro atoms. The van der Waals surface area contributed by atoms with Gasteiger partial charge in [-0.3, -0.25) is 24.2 Å². The fourth-order valence-corrected chi connectivity index (χ4v) is 3.73. The smallest absolute Gasteiger partial charge is 0.326 e. The maximum absolute atomic E-state index is 13.1. The van der Waals surface area contributed by atoms with E-state index in [1.807, 2.05) is 13.8 Å². The third-order valence-corrected chi connectivity index (χ3v) is 5.56. The quantitative estimate of drug-likeness (QED) is 0.0657. The van der Waals surface area contributed by atoms with E-state index in [2.05, 4.69) is 26.3 Å². The second kappa shape index (κ2) is 15.5. The highest BCUT2D eigenvalue weighted by Crippen LogP contribution is 2.10. The van der Waals surface area contributed by atoms with Gasteiger partial charge in [0.25, 0.3) is 0 Å². The summed E-state index contributed by atoms with van der Waals surface area (Å²) in [6, 6.07) is -3.97. The minimum absolute atomic E-state index is 0.0118. The Hall–Kier alpha value is -3.42. The number of nitrogens with one attached hydrogen (secondary N) is 4. The van der Waals surface area contributed by atoms with Gasteiger partial charge in [-0.05, 0) is 51.0 Å². The molecule has 14 heteroatoms. The summed E-state index contributed by atoms with van der Waals surface area (Å²) in [5, 5.41) is 29.2. The lowest BCUT2D eigenvalue weighted by atomic mass is 10.0. The molecular formula is C22H39N7O7. The third kappa shape index (κ3) is 11.8. The van der Waals surface area contributed by atoms with Gasteiger partial charge in [-0.1, -0.05) is 13.8 Å². The Morgan fingerprint density at radius 3 is 2.14 bits per heavy atom. The monoisotopic (exact) mass is 513 g/mol. The minimum Gasteiger partial charge on any atom is -0.481 e. The fourth-order valence-electron chi connectivity index (χ4n) is 3.73. The van der Waals surface area contributed by atoms with E-state index in [9.17, 15) is 29.1 Å². The summed E-state index contributed by atoms with van der Waals surface area (Å²) < 4.78 is 0. The van der Waals surface area contributed by atoms with Crippen molar-refractivity contribution in [3.8, 4) is 0 Å². The van der Waals surface area contributed by atoms with Gasteiger partial charge in [0.1, 0.15) is 18.1 Å². The molecule has 1 heterocycles. The Kier molecular flexibility index (Phi) is 13.2. The van der Waals surface area contributed by atoms with Gasteiger partial charge in [0.05, 0.1) is 6.04 Å². The molecule has 4 unspecified atom stereocenters. The molecule has 1 rings (SSSR count). The number of guanidine groups is 1. The van der Waals surface area contributed by atoms with Crippen LogP contribution in [0.5, 0.6) is 0 Å². The highest BCUT2D eigenvalue weighted by atomic mass is 16.4. The van der Waals surface area contributed by atoms with E-state index in [1.165, 1.54) is 0 Å². The number of carboxylic acids is 2. The van der Waals surface area contributed by atoms with E-state index >= 15 is 0 Å². The first-order valence-corrected chi connectivity index (χ1v) is 12.0. The number of nitrogens with two attached hydrogens (primary N) is 2. The topological polar surface area (TPSA) is 238 Å². The van der Waals surface area contributed by atoms with Crippen LogP contribution in [-0.2, 0) is 24.0 Å². The van der Waals surface area contributed by atoms with Gasteiger partial charge in [0, 0.05) is 13.0 Å². The summed E-state index contributed by atoms with van der Waals surface area (Å²) in [5.74, 6) is -4.42. The number of nitrogens with zero attached hydrogens (tertiary/aromatic N) is 1. The molecule has 0 radical (unpaired) electrons. The Balaban J connectivity index is 2.91. The molecule has 0 aromatic rings. The molecule has 10 N–H and O–H groups in total. The average Bonchev–Trinajstić information content (AvgIpc) is 3.32. The second-order valence-electron chi connectivity index (χ2n) is 9.18. The van der Waals surface area contributed by atoms with Crippen molar-refractivity contribution in [3.63, 3.8) is 0 Å². The molecule has 14 nitrogen and oxygen atoms in total. The minimum atomic E-state index is -1.32. The number of amides is 3. The van der Waals surface area contributed by atoms with Crippen molar-refractivity contribution >= 4 is 35.6 Å². The van der Waals surface area contributed by atoms with E-state index in [0.29, 0.717) is 19.4 Å². The van der Waals surface area contributed by atoms with Gasteiger partial charge < -0.3 is 42.9 Å². The van der Waals surface area contributed by atoms with E-state index in [0.717, 1.165) is 6.42 Å². The molecule has 0 bridgehead atoms. The summed E-state index contributed by atoms with van der Waals surface area (Å²) in [6.45, 7) is 4.60. The Morgan fingerprint density at radius 2 is 1.61 bits per heavy atom. The van der Waals surface area contributed by atoms with E-state index in [-0.39, 0.29) is 43.6 Å². The SMILES string of the molecule is CC(C)CC(NC(=O)C1CCCN1)C(=O)NC(CCC(=O)O)C(=O)NC(CCCN=C(N)N)C(=O)O. The maximum Gasteiger partial charge on any atom is 0.326 e. The number of hydrogen-bond acceptors (Lipinski definition) is 7. The average molecular weight is 514 g/mol. The summed E-state index contributed by atoms with van der Waals surface area (Å²) in [6.07, 6.45) is 1.35. The lowest BCUT2D eigenvalue weighted by Gasteiger charge is -2.26. The van der Waals surface area contributed by atoms with Gasteiger partial charge in [0.15, 0.2) is 5.96 Å². The van der Waals surface area contributed by atoms with Gasteiger partial charge >= 0.3 is 11.9 Å². The van der Waals surface area contributed by atoms with Crippen molar-refractivity contribution in [2.45, 2.75) is 83.0 Å². The molecule has 4 atom stereocenters. The van der Waals surface area contributed by atoms with Gasteiger partial charge in [-0.15, -0.1) is 0 Å². The highest BCUT2D eigenvalue weighted by Gasteiger charge is 2.32. The maximum atomic E-state index is 13.1. The van der Waals surface area contributed by atoms with Crippen molar-refractivity contribution in [1.82, 2.24) is 21.3 Å². The Bertz CT molecular complexity index is 809. The largest absolute Gasteiger partial charge is 0.481 e. The molecule has 1 aliphatic rings. The number of carboxylic acid groups (broad SMARTS) is 2. The van der Waals surface area contributed by atoms with Gasteiger partial charge in [-0.25, -0.2) is 4.79 Å². The van der Waals surface area contributed by atoms with Gasteiger partial charge in [-0.2, -0.15) is 0 Å². The van der Waals surface area contributed by atoms with E-state index < -0.39 is 54.3 Å². The molecule has 1 aliphatic heterocycles. The molecule has 3 amide bonds. The van der Waals surface area contributed by atoms with Gasteiger partial charge in [0.2, 0.25) is 17.7 Å². The standard InChI is InChI=1S/C22H39N7O7/c1-12(2)11-16(29-18(32)13-5-3-9-25-13)20(34)27-14(7-8-17(30)31)19(33)28-15(21(35)36)6-4-10-26-22(23)24/h12-16,25H,3-11H2,1-2H3,(H,27,34)(H,28,33)(H,29,32)(H,30,31)(H,35,36)(H4,23,24,26). The van der Waals surface area contributed by atoms with Crippen LogP contribution in [0.15, 0.2) is 4.99 Å². The zero-order chi connectivity index (χ0) is 27.3. The number of aliphatic carboxylic acids is 2. The van der Waals surface area contributed by atoms with Crippen LogP contribution in [0.4, 0.5) is 0 Å². The highest BCUT2D eigenvalue weighted by molar-refractivity contribution is 5.94. The van der Waals surface area contributed by atoms with E-state index in [1.54, 1.807) is 0 Å². The first kappa shape index (κ1) is 30.6. The first-order valence-electron chi connectivity index (χ1n) is 12.0. The molecule has 0 aliphatic carbocycles.